The van der Waals surface area contributed by atoms with E-state index in [-0.39, 0.29) is 42.4 Å². The summed E-state index contributed by atoms with van der Waals surface area (Å²) in [5.74, 6) is 1.41. The lowest BCUT2D eigenvalue weighted by molar-refractivity contribution is 0.0671. The van der Waals surface area contributed by atoms with Gasteiger partial charge in [-0.15, -0.1) is 24.0 Å². The standard InChI is InChI=1S/C17H22ClF2N5O.HI/c1-3-21-17(24-11-15-22-8-9-25(15)16(19)20)23-10-12(2)26-14-6-4-13(18)5-7-14;/h4-9,12,16H,3,10-11H2,1-2H3,(H2,21,23,24);1H. The molecule has 0 bridgehead atoms. The van der Waals surface area contributed by atoms with Crippen LogP contribution < -0.4 is 15.4 Å². The molecule has 0 amide bonds. The minimum Gasteiger partial charge on any atom is -0.489 e. The molecular weight excluding hydrogens is 491 g/mol. The Bertz CT molecular complexity index is 712. The summed E-state index contributed by atoms with van der Waals surface area (Å²) in [6.45, 7) is 2.36. The summed E-state index contributed by atoms with van der Waals surface area (Å²) < 4.78 is 32.2. The van der Waals surface area contributed by atoms with E-state index < -0.39 is 6.55 Å². The summed E-state index contributed by atoms with van der Waals surface area (Å²) in [5, 5.41) is 6.83. The molecular formula is C17H23ClF2IN5O. The van der Waals surface area contributed by atoms with E-state index in [1.165, 1.54) is 12.4 Å². The van der Waals surface area contributed by atoms with Crippen molar-refractivity contribution in [1.82, 2.24) is 20.2 Å². The van der Waals surface area contributed by atoms with Crippen LogP contribution in [0.5, 0.6) is 5.75 Å². The number of imidazole rings is 1. The van der Waals surface area contributed by atoms with Crippen LogP contribution in [-0.4, -0.2) is 34.7 Å². The monoisotopic (exact) mass is 513 g/mol. The van der Waals surface area contributed by atoms with E-state index in [1.807, 2.05) is 13.8 Å². The molecule has 6 nitrogen and oxygen atoms in total. The van der Waals surface area contributed by atoms with Crippen LogP contribution in [0.4, 0.5) is 8.78 Å². The first-order valence-electron chi connectivity index (χ1n) is 8.23. The highest BCUT2D eigenvalue weighted by atomic mass is 127. The fourth-order valence-electron chi connectivity index (χ4n) is 2.16. The summed E-state index contributed by atoms with van der Waals surface area (Å²) in [4.78, 5) is 8.21. The zero-order valence-electron chi connectivity index (χ0n) is 15.0. The maximum Gasteiger partial charge on any atom is 0.319 e. The van der Waals surface area contributed by atoms with Gasteiger partial charge in [-0.25, -0.2) is 9.98 Å². The number of hydrogen-bond acceptors (Lipinski definition) is 3. The van der Waals surface area contributed by atoms with Crippen molar-refractivity contribution in [3.8, 4) is 5.75 Å². The van der Waals surface area contributed by atoms with Gasteiger partial charge in [0.1, 0.15) is 24.2 Å². The zero-order chi connectivity index (χ0) is 18.9. The Kier molecular flexibility index (Phi) is 10.4. The first-order chi connectivity index (χ1) is 12.5. The van der Waals surface area contributed by atoms with Gasteiger partial charge in [0.05, 0.1) is 6.54 Å². The highest BCUT2D eigenvalue weighted by Crippen LogP contribution is 2.16. The maximum absolute atomic E-state index is 12.8. The Labute approximate surface area is 179 Å². The van der Waals surface area contributed by atoms with Crippen LogP contribution in [-0.2, 0) is 6.54 Å². The second-order valence-corrected chi connectivity index (χ2v) is 5.92. The van der Waals surface area contributed by atoms with Gasteiger partial charge in [0.2, 0.25) is 0 Å². The van der Waals surface area contributed by atoms with Crippen molar-refractivity contribution in [2.45, 2.75) is 33.0 Å². The van der Waals surface area contributed by atoms with E-state index in [0.29, 0.717) is 29.8 Å². The summed E-state index contributed by atoms with van der Waals surface area (Å²) in [6.07, 6.45) is 2.43. The minimum atomic E-state index is -2.63. The molecule has 2 N–H and O–H groups in total. The number of aromatic nitrogens is 2. The normalized spacial score (nSPS) is 12.4. The van der Waals surface area contributed by atoms with Crippen LogP contribution in [0.15, 0.2) is 41.7 Å². The number of guanidine groups is 1. The molecule has 0 saturated carbocycles. The molecule has 1 unspecified atom stereocenters. The lowest BCUT2D eigenvalue weighted by atomic mass is 10.3. The molecule has 1 atom stereocenters. The van der Waals surface area contributed by atoms with Crippen molar-refractivity contribution in [2.75, 3.05) is 13.1 Å². The summed E-state index contributed by atoms with van der Waals surface area (Å²) in [5.41, 5.74) is 0. The average Bonchev–Trinajstić information content (AvgIpc) is 3.08. The van der Waals surface area contributed by atoms with Crippen molar-refractivity contribution in [1.29, 1.82) is 0 Å². The Morgan fingerprint density at radius 1 is 1.30 bits per heavy atom. The van der Waals surface area contributed by atoms with Gasteiger partial charge in [-0.2, -0.15) is 8.78 Å². The molecule has 1 heterocycles. The number of nitrogens with zero attached hydrogens (tertiary/aromatic N) is 3. The van der Waals surface area contributed by atoms with Gasteiger partial charge >= 0.3 is 6.55 Å². The lowest BCUT2D eigenvalue weighted by Crippen LogP contribution is -2.41. The van der Waals surface area contributed by atoms with Gasteiger partial charge in [0.15, 0.2) is 5.96 Å². The van der Waals surface area contributed by atoms with Gasteiger partial charge < -0.3 is 15.4 Å². The number of ether oxygens (including phenoxy) is 1. The molecule has 0 fully saturated rings. The topological polar surface area (TPSA) is 63.5 Å². The largest absolute Gasteiger partial charge is 0.489 e. The highest BCUT2D eigenvalue weighted by Gasteiger charge is 2.11. The number of benzene rings is 1. The molecule has 2 aromatic rings. The van der Waals surface area contributed by atoms with E-state index in [2.05, 4.69) is 20.6 Å². The molecule has 0 aliphatic heterocycles. The molecule has 0 spiro atoms. The fourth-order valence-corrected chi connectivity index (χ4v) is 2.29. The van der Waals surface area contributed by atoms with E-state index in [9.17, 15) is 8.78 Å². The van der Waals surface area contributed by atoms with Gasteiger partial charge in [0, 0.05) is 24.0 Å². The van der Waals surface area contributed by atoms with Crippen molar-refractivity contribution < 1.29 is 13.5 Å². The molecule has 2 rings (SSSR count). The van der Waals surface area contributed by atoms with E-state index in [1.54, 1.807) is 24.3 Å². The molecule has 150 valence electrons. The zero-order valence-corrected chi connectivity index (χ0v) is 18.1. The third-order valence-electron chi connectivity index (χ3n) is 3.39. The summed E-state index contributed by atoms with van der Waals surface area (Å²) in [6, 6.07) is 7.10. The SMILES string of the molecule is CCNC(=NCc1nccn1C(F)F)NCC(C)Oc1ccc(Cl)cc1.I. The number of aliphatic imine (C=N–C) groups is 1. The van der Waals surface area contributed by atoms with Crippen LogP contribution in [0.2, 0.25) is 5.02 Å². The maximum atomic E-state index is 12.8. The second kappa shape index (κ2) is 12.0. The smallest absolute Gasteiger partial charge is 0.319 e. The lowest BCUT2D eigenvalue weighted by Gasteiger charge is -2.17. The third-order valence-corrected chi connectivity index (χ3v) is 3.64. The van der Waals surface area contributed by atoms with Crippen LogP contribution in [0.3, 0.4) is 0 Å². The fraction of sp³-hybridized carbons (Fsp3) is 0.412. The van der Waals surface area contributed by atoms with E-state index in [0.717, 1.165) is 4.57 Å². The summed E-state index contributed by atoms with van der Waals surface area (Å²) >= 11 is 5.85. The predicted octanol–water partition coefficient (Wildman–Crippen LogP) is 4.07. The van der Waals surface area contributed by atoms with E-state index >= 15 is 0 Å². The van der Waals surface area contributed by atoms with Crippen LogP contribution in [0.1, 0.15) is 26.2 Å². The molecule has 0 aliphatic carbocycles. The van der Waals surface area contributed by atoms with Gasteiger partial charge in [-0.3, -0.25) is 4.57 Å². The van der Waals surface area contributed by atoms with Gasteiger partial charge in [-0.1, -0.05) is 11.6 Å². The average molecular weight is 514 g/mol. The van der Waals surface area contributed by atoms with E-state index in [4.69, 9.17) is 16.3 Å². The Balaban J connectivity index is 0.00000364. The summed E-state index contributed by atoms with van der Waals surface area (Å²) in [7, 11) is 0. The van der Waals surface area contributed by atoms with Crippen molar-refractivity contribution >= 4 is 41.5 Å². The van der Waals surface area contributed by atoms with Crippen molar-refractivity contribution in [2.24, 2.45) is 4.99 Å². The Hall–Kier alpha value is -1.62. The van der Waals surface area contributed by atoms with Crippen LogP contribution in [0, 0.1) is 0 Å². The molecule has 27 heavy (non-hydrogen) atoms. The van der Waals surface area contributed by atoms with Crippen molar-refractivity contribution in [3.05, 3.63) is 47.5 Å². The number of rotatable bonds is 8. The highest BCUT2D eigenvalue weighted by molar-refractivity contribution is 14.0. The third kappa shape index (κ3) is 7.87. The number of hydrogen-bond donors (Lipinski definition) is 2. The molecule has 0 aliphatic rings. The Morgan fingerprint density at radius 2 is 2.00 bits per heavy atom. The first-order valence-corrected chi connectivity index (χ1v) is 8.61. The first kappa shape index (κ1) is 23.4. The van der Waals surface area contributed by atoms with Crippen LogP contribution in [0.25, 0.3) is 0 Å². The number of alkyl halides is 2. The van der Waals surface area contributed by atoms with Crippen molar-refractivity contribution in [3.63, 3.8) is 0 Å². The number of halogens is 4. The van der Waals surface area contributed by atoms with Gasteiger partial charge in [-0.05, 0) is 38.1 Å². The Morgan fingerprint density at radius 3 is 2.63 bits per heavy atom. The molecule has 0 saturated heterocycles. The van der Waals surface area contributed by atoms with Gasteiger partial charge in [0.25, 0.3) is 0 Å². The predicted molar refractivity (Wildman–Crippen MR) is 113 cm³/mol. The quantitative estimate of drug-likeness (QED) is 0.317. The number of nitrogens with one attached hydrogen (secondary N) is 2. The minimum absolute atomic E-state index is 0. The molecule has 1 aromatic heterocycles. The second-order valence-electron chi connectivity index (χ2n) is 5.49. The molecule has 0 radical (unpaired) electrons. The molecule has 10 heteroatoms. The van der Waals surface area contributed by atoms with Crippen LogP contribution >= 0.6 is 35.6 Å². The molecule has 1 aromatic carbocycles.